The van der Waals surface area contributed by atoms with E-state index in [-0.39, 0.29) is 23.0 Å². The van der Waals surface area contributed by atoms with Crippen LogP contribution in [0.3, 0.4) is 0 Å². The molecule has 24 heavy (non-hydrogen) atoms. The Morgan fingerprint density at radius 1 is 1.25 bits per heavy atom. The van der Waals surface area contributed by atoms with Crippen LogP contribution >= 0.6 is 23.4 Å². The summed E-state index contributed by atoms with van der Waals surface area (Å²) < 4.78 is 13.9. The second-order valence-electron chi connectivity index (χ2n) is 6.00. The van der Waals surface area contributed by atoms with Crippen LogP contribution in [0.25, 0.3) is 0 Å². The molecule has 1 aliphatic carbocycles. The van der Waals surface area contributed by atoms with Gasteiger partial charge in [0.1, 0.15) is 5.82 Å². The first-order chi connectivity index (χ1) is 11.5. The van der Waals surface area contributed by atoms with E-state index in [0.29, 0.717) is 17.1 Å². The monoisotopic (exact) mass is 363 g/mol. The molecule has 1 saturated carbocycles. The van der Waals surface area contributed by atoms with Crippen molar-refractivity contribution in [3.63, 3.8) is 0 Å². The third kappa shape index (κ3) is 4.31. The van der Waals surface area contributed by atoms with Crippen LogP contribution in [0.4, 0.5) is 4.39 Å². The average Bonchev–Trinajstić information content (AvgIpc) is 3.40. The van der Waals surface area contributed by atoms with Crippen molar-refractivity contribution in [2.75, 3.05) is 0 Å². The molecule has 1 fully saturated rings. The molecule has 1 atom stereocenters. The van der Waals surface area contributed by atoms with Crippen LogP contribution < -0.4 is 0 Å². The lowest BCUT2D eigenvalue weighted by Gasteiger charge is -2.26. The molecule has 0 radical (unpaired) electrons. The first-order valence-electron chi connectivity index (χ1n) is 8.00. The number of carbonyl (C=O) groups is 1. The molecule has 1 unspecified atom stereocenters. The van der Waals surface area contributed by atoms with Crippen molar-refractivity contribution < 1.29 is 9.18 Å². The predicted molar refractivity (Wildman–Crippen MR) is 96.7 cm³/mol. The fourth-order valence-electron chi connectivity index (χ4n) is 2.58. The molecule has 126 valence electrons. The Morgan fingerprint density at radius 3 is 2.54 bits per heavy atom. The normalized spacial score (nSPS) is 15.1. The van der Waals surface area contributed by atoms with Gasteiger partial charge in [0.15, 0.2) is 0 Å². The van der Waals surface area contributed by atoms with Crippen molar-refractivity contribution in [3.8, 4) is 0 Å². The minimum Gasteiger partial charge on any atom is -0.334 e. The zero-order valence-corrected chi connectivity index (χ0v) is 15.0. The lowest BCUT2D eigenvalue weighted by Crippen LogP contribution is -2.38. The second-order valence-corrected chi connectivity index (χ2v) is 7.85. The number of hydrogen-bond donors (Lipinski definition) is 0. The van der Waals surface area contributed by atoms with Gasteiger partial charge in [0.25, 0.3) is 0 Å². The van der Waals surface area contributed by atoms with Crippen molar-refractivity contribution >= 4 is 29.3 Å². The SMILES string of the molecule is CC(Sc1ccc(Cl)cc1)C(=O)N(Cc1ccccc1F)C1CC1. The van der Waals surface area contributed by atoms with Crippen molar-refractivity contribution in [3.05, 3.63) is 64.9 Å². The number of carbonyl (C=O) groups excluding carboxylic acids is 1. The van der Waals surface area contributed by atoms with Crippen LogP contribution in [0.15, 0.2) is 53.4 Å². The van der Waals surface area contributed by atoms with Crippen molar-refractivity contribution in [1.29, 1.82) is 0 Å². The third-order valence-corrected chi connectivity index (χ3v) is 5.40. The van der Waals surface area contributed by atoms with Gasteiger partial charge in [-0.15, -0.1) is 11.8 Å². The molecular formula is C19H19ClFNOS. The number of amides is 1. The highest BCUT2D eigenvalue weighted by atomic mass is 35.5. The van der Waals surface area contributed by atoms with Gasteiger partial charge in [0.2, 0.25) is 5.91 Å². The quantitative estimate of drug-likeness (QED) is 0.661. The molecule has 2 aromatic carbocycles. The standard InChI is InChI=1S/C19H19ClFNOS/c1-13(24-17-10-6-15(20)7-11-17)19(23)22(16-8-9-16)12-14-4-2-3-5-18(14)21/h2-7,10-11,13,16H,8-9,12H2,1H3. The Hall–Kier alpha value is -1.52. The average molecular weight is 364 g/mol. The topological polar surface area (TPSA) is 20.3 Å². The lowest BCUT2D eigenvalue weighted by atomic mass is 10.2. The van der Waals surface area contributed by atoms with Crippen molar-refractivity contribution in [2.45, 2.75) is 42.5 Å². The van der Waals surface area contributed by atoms with E-state index >= 15 is 0 Å². The van der Waals surface area contributed by atoms with E-state index in [1.165, 1.54) is 17.8 Å². The van der Waals surface area contributed by atoms with E-state index in [1.54, 1.807) is 18.2 Å². The lowest BCUT2D eigenvalue weighted by molar-refractivity contribution is -0.131. The summed E-state index contributed by atoms with van der Waals surface area (Å²) in [6.45, 7) is 2.24. The van der Waals surface area contributed by atoms with E-state index in [0.717, 1.165) is 17.7 Å². The molecule has 0 saturated heterocycles. The molecule has 0 aliphatic heterocycles. The van der Waals surface area contributed by atoms with E-state index < -0.39 is 0 Å². The Morgan fingerprint density at radius 2 is 1.92 bits per heavy atom. The molecule has 5 heteroatoms. The number of nitrogens with zero attached hydrogens (tertiary/aromatic N) is 1. The van der Waals surface area contributed by atoms with E-state index in [9.17, 15) is 9.18 Å². The number of halogens is 2. The summed E-state index contributed by atoms with van der Waals surface area (Å²) in [5, 5.41) is 0.455. The Bertz CT molecular complexity index is 718. The summed E-state index contributed by atoms with van der Waals surface area (Å²) in [5.74, 6) is -0.199. The third-order valence-electron chi connectivity index (χ3n) is 4.04. The second kappa shape index (κ2) is 7.58. The highest BCUT2D eigenvalue weighted by molar-refractivity contribution is 8.00. The molecule has 2 nitrogen and oxygen atoms in total. The fraction of sp³-hybridized carbons (Fsp3) is 0.316. The van der Waals surface area contributed by atoms with E-state index in [1.807, 2.05) is 36.1 Å². The summed E-state index contributed by atoms with van der Waals surface area (Å²) in [5.41, 5.74) is 0.571. The summed E-state index contributed by atoms with van der Waals surface area (Å²) in [6, 6.07) is 14.4. The predicted octanol–water partition coefficient (Wildman–Crippen LogP) is 5.15. The minimum absolute atomic E-state index is 0.0562. The highest BCUT2D eigenvalue weighted by Crippen LogP contribution is 2.32. The van der Waals surface area contributed by atoms with E-state index in [2.05, 4.69) is 0 Å². The fourth-order valence-corrected chi connectivity index (χ4v) is 3.65. The van der Waals surface area contributed by atoms with Gasteiger partial charge in [-0.2, -0.15) is 0 Å². The van der Waals surface area contributed by atoms with Crippen LogP contribution in [-0.2, 0) is 11.3 Å². The van der Waals surface area contributed by atoms with Gasteiger partial charge in [-0.3, -0.25) is 4.79 Å². The molecule has 0 N–H and O–H groups in total. The van der Waals surface area contributed by atoms with Gasteiger partial charge in [0, 0.05) is 28.1 Å². The summed E-state index contributed by atoms with van der Waals surface area (Å²) in [7, 11) is 0. The number of benzene rings is 2. The molecule has 2 aromatic rings. The summed E-state index contributed by atoms with van der Waals surface area (Å²) in [6.07, 6.45) is 2.00. The van der Waals surface area contributed by atoms with Crippen LogP contribution in [0.5, 0.6) is 0 Å². The van der Waals surface area contributed by atoms with Gasteiger partial charge < -0.3 is 4.90 Å². The zero-order chi connectivity index (χ0) is 17.1. The van der Waals surface area contributed by atoms with Gasteiger partial charge in [-0.1, -0.05) is 29.8 Å². The largest absolute Gasteiger partial charge is 0.334 e. The number of thioether (sulfide) groups is 1. The first-order valence-corrected chi connectivity index (χ1v) is 9.26. The smallest absolute Gasteiger partial charge is 0.236 e. The van der Waals surface area contributed by atoms with Gasteiger partial charge in [0.05, 0.1) is 5.25 Å². The van der Waals surface area contributed by atoms with Crippen LogP contribution in [-0.4, -0.2) is 22.1 Å². The molecule has 3 rings (SSSR count). The Labute approximate surface area is 151 Å². The van der Waals surface area contributed by atoms with E-state index in [4.69, 9.17) is 11.6 Å². The zero-order valence-electron chi connectivity index (χ0n) is 13.4. The molecule has 0 spiro atoms. The summed E-state index contributed by atoms with van der Waals surface area (Å²) >= 11 is 7.40. The van der Waals surface area contributed by atoms with Crippen LogP contribution in [0.2, 0.25) is 5.02 Å². The molecule has 0 bridgehead atoms. The Balaban J connectivity index is 1.70. The van der Waals surface area contributed by atoms with Crippen molar-refractivity contribution in [2.24, 2.45) is 0 Å². The van der Waals surface area contributed by atoms with Gasteiger partial charge in [-0.25, -0.2) is 4.39 Å². The number of hydrogen-bond acceptors (Lipinski definition) is 2. The molecule has 1 aliphatic rings. The maximum atomic E-state index is 13.9. The molecular weight excluding hydrogens is 345 g/mol. The van der Waals surface area contributed by atoms with Crippen LogP contribution in [0, 0.1) is 5.82 Å². The molecule has 0 aromatic heterocycles. The molecule has 0 heterocycles. The number of rotatable bonds is 6. The van der Waals surface area contributed by atoms with Crippen molar-refractivity contribution in [1.82, 2.24) is 4.90 Å². The maximum Gasteiger partial charge on any atom is 0.236 e. The molecule has 1 amide bonds. The van der Waals surface area contributed by atoms with Gasteiger partial charge >= 0.3 is 0 Å². The van der Waals surface area contributed by atoms with Crippen LogP contribution in [0.1, 0.15) is 25.3 Å². The minimum atomic E-state index is -0.256. The first kappa shape index (κ1) is 17.3. The maximum absolute atomic E-state index is 13.9. The highest BCUT2D eigenvalue weighted by Gasteiger charge is 2.35. The summed E-state index contributed by atoms with van der Waals surface area (Å²) in [4.78, 5) is 15.7. The Kier molecular flexibility index (Phi) is 5.47. The van der Waals surface area contributed by atoms with Gasteiger partial charge in [-0.05, 0) is 50.1 Å².